The number of nitrogens with zero attached hydrogens (tertiary/aromatic N) is 1. The van der Waals surface area contributed by atoms with Gasteiger partial charge in [0, 0.05) is 17.6 Å². The minimum absolute atomic E-state index is 0.0223. The van der Waals surface area contributed by atoms with Crippen molar-refractivity contribution >= 4 is 27.8 Å². The lowest BCUT2D eigenvalue weighted by atomic mass is 10.2. The molecule has 0 radical (unpaired) electrons. The predicted molar refractivity (Wildman–Crippen MR) is 87.6 cm³/mol. The summed E-state index contributed by atoms with van der Waals surface area (Å²) >= 11 is 3.29. The van der Waals surface area contributed by atoms with Gasteiger partial charge in [0.25, 0.3) is 5.91 Å². The summed E-state index contributed by atoms with van der Waals surface area (Å²) in [5.41, 5.74) is 0.320. The van der Waals surface area contributed by atoms with Crippen molar-refractivity contribution in [3.8, 4) is 5.75 Å². The molecule has 6 nitrogen and oxygen atoms in total. The first-order chi connectivity index (χ1) is 10.9. The van der Waals surface area contributed by atoms with Crippen molar-refractivity contribution in [1.82, 2.24) is 4.90 Å². The normalized spacial score (nSPS) is 21.0. The number of carbonyl (C=O) groups is 2. The van der Waals surface area contributed by atoms with Gasteiger partial charge in [0.1, 0.15) is 5.75 Å². The molecule has 1 saturated heterocycles. The molecule has 0 unspecified atom stereocenters. The molecule has 1 aromatic rings. The minimum atomic E-state index is -0.571. The van der Waals surface area contributed by atoms with E-state index in [1.807, 2.05) is 13.8 Å². The fourth-order valence-electron chi connectivity index (χ4n) is 2.47. The molecule has 1 aromatic carbocycles. The molecule has 0 spiro atoms. The molecule has 1 heterocycles. The maximum atomic E-state index is 12.2. The molecule has 1 amide bonds. The Balaban J connectivity index is 1.95. The Morgan fingerprint density at radius 1 is 1.30 bits per heavy atom. The van der Waals surface area contributed by atoms with Crippen molar-refractivity contribution in [2.24, 2.45) is 0 Å². The first kappa shape index (κ1) is 17.7. The Morgan fingerprint density at radius 2 is 1.96 bits per heavy atom. The van der Waals surface area contributed by atoms with Crippen molar-refractivity contribution < 1.29 is 23.8 Å². The Bertz CT molecular complexity index is 582. The van der Waals surface area contributed by atoms with Gasteiger partial charge >= 0.3 is 5.97 Å². The number of esters is 1. The summed E-state index contributed by atoms with van der Waals surface area (Å²) < 4.78 is 16.4. The van der Waals surface area contributed by atoms with Crippen LogP contribution in [0.1, 0.15) is 24.2 Å². The zero-order valence-electron chi connectivity index (χ0n) is 13.4. The molecule has 2 rings (SSSR count). The fourth-order valence-corrected chi connectivity index (χ4v) is 2.87. The number of ether oxygens (including phenoxy) is 3. The summed E-state index contributed by atoms with van der Waals surface area (Å²) in [5.74, 6) is -0.250. The summed E-state index contributed by atoms with van der Waals surface area (Å²) in [4.78, 5) is 26.0. The Hall–Kier alpha value is -1.60. The monoisotopic (exact) mass is 385 g/mol. The third-order valence-corrected chi connectivity index (χ3v) is 4.18. The van der Waals surface area contributed by atoms with E-state index in [2.05, 4.69) is 15.9 Å². The van der Waals surface area contributed by atoms with E-state index in [1.165, 1.54) is 7.11 Å². The van der Waals surface area contributed by atoms with E-state index >= 15 is 0 Å². The van der Waals surface area contributed by atoms with Crippen LogP contribution in [0, 0.1) is 0 Å². The second-order valence-corrected chi connectivity index (χ2v) is 6.33. The van der Waals surface area contributed by atoms with Crippen molar-refractivity contribution in [1.29, 1.82) is 0 Å². The molecule has 23 heavy (non-hydrogen) atoms. The molecular formula is C16H20BrNO5. The number of carbonyl (C=O) groups excluding carboxylic acids is 2. The third kappa shape index (κ3) is 4.68. The van der Waals surface area contributed by atoms with Crippen LogP contribution in [0.15, 0.2) is 22.7 Å². The quantitative estimate of drug-likeness (QED) is 0.743. The van der Waals surface area contributed by atoms with E-state index in [4.69, 9.17) is 14.2 Å². The van der Waals surface area contributed by atoms with E-state index in [9.17, 15) is 9.59 Å². The molecule has 7 heteroatoms. The number of hydrogen-bond acceptors (Lipinski definition) is 5. The number of morpholine rings is 1. The summed E-state index contributed by atoms with van der Waals surface area (Å²) in [7, 11) is 1.52. The van der Waals surface area contributed by atoms with Crippen LogP contribution in [0.25, 0.3) is 0 Å². The van der Waals surface area contributed by atoms with E-state index in [-0.39, 0.29) is 24.7 Å². The molecule has 0 N–H and O–H groups in total. The SMILES string of the molecule is COc1ccc(Br)c(C(=O)OCC(=O)N2C[C@@H](C)O[C@H](C)C2)c1. The molecule has 0 saturated carbocycles. The zero-order valence-corrected chi connectivity index (χ0v) is 15.0. The van der Waals surface area contributed by atoms with Gasteiger partial charge in [-0.05, 0) is 48.0 Å². The van der Waals surface area contributed by atoms with Crippen LogP contribution in [-0.4, -0.2) is 55.8 Å². The molecular weight excluding hydrogens is 366 g/mol. The van der Waals surface area contributed by atoms with Crippen LogP contribution in [0.4, 0.5) is 0 Å². The number of amides is 1. The summed E-state index contributed by atoms with van der Waals surface area (Å²) in [6, 6.07) is 4.99. The Kier molecular flexibility index (Phi) is 6.01. The molecule has 0 bridgehead atoms. The highest BCUT2D eigenvalue weighted by molar-refractivity contribution is 9.10. The first-order valence-electron chi connectivity index (χ1n) is 7.34. The molecule has 2 atom stereocenters. The molecule has 126 valence electrons. The average Bonchev–Trinajstić information content (AvgIpc) is 2.51. The van der Waals surface area contributed by atoms with Crippen LogP contribution in [0.3, 0.4) is 0 Å². The van der Waals surface area contributed by atoms with Crippen molar-refractivity contribution in [2.45, 2.75) is 26.1 Å². The lowest BCUT2D eigenvalue weighted by molar-refractivity contribution is -0.146. The van der Waals surface area contributed by atoms with Crippen LogP contribution in [0.5, 0.6) is 5.75 Å². The van der Waals surface area contributed by atoms with Gasteiger partial charge in [0.05, 0.1) is 24.9 Å². The third-order valence-electron chi connectivity index (χ3n) is 3.49. The van der Waals surface area contributed by atoms with E-state index in [1.54, 1.807) is 23.1 Å². The van der Waals surface area contributed by atoms with Crippen LogP contribution >= 0.6 is 15.9 Å². The van der Waals surface area contributed by atoms with Crippen molar-refractivity contribution in [3.05, 3.63) is 28.2 Å². The van der Waals surface area contributed by atoms with Gasteiger partial charge in [0.15, 0.2) is 6.61 Å². The Morgan fingerprint density at radius 3 is 2.57 bits per heavy atom. The van der Waals surface area contributed by atoms with E-state index in [0.29, 0.717) is 28.9 Å². The number of benzene rings is 1. The maximum absolute atomic E-state index is 12.2. The highest BCUT2D eigenvalue weighted by atomic mass is 79.9. The van der Waals surface area contributed by atoms with Gasteiger partial charge in [0.2, 0.25) is 0 Å². The second-order valence-electron chi connectivity index (χ2n) is 5.48. The maximum Gasteiger partial charge on any atom is 0.339 e. The minimum Gasteiger partial charge on any atom is -0.497 e. The van der Waals surface area contributed by atoms with Crippen LogP contribution in [0.2, 0.25) is 0 Å². The van der Waals surface area contributed by atoms with Crippen LogP contribution in [-0.2, 0) is 14.3 Å². The molecule has 0 aromatic heterocycles. The zero-order chi connectivity index (χ0) is 17.0. The highest BCUT2D eigenvalue weighted by Crippen LogP contribution is 2.23. The second kappa shape index (κ2) is 7.79. The molecule has 1 aliphatic rings. The van der Waals surface area contributed by atoms with Gasteiger partial charge in [-0.2, -0.15) is 0 Å². The summed E-state index contributed by atoms with van der Waals surface area (Å²) in [5, 5.41) is 0. The van der Waals surface area contributed by atoms with Gasteiger partial charge in [-0.1, -0.05) is 0 Å². The highest BCUT2D eigenvalue weighted by Gasteiger charge is 2.26. The first-order valence-corrected chi connectivity index (χ1v) is 8.14. The summed E-state index contributed by atoms with van der Waals surface area (Å²) in [6.07, 6.45) is -0.0446. The topological polar surface area (TPSA) is 65.1 Å². The number of rotatable bonds is 4. The largest absolute Gasteiger partial charge is 0.497 e. The lowest BCUT2D eigenvalue weighted by Crippen LogP contribution is -2.49. The summed E-state index contributed by atoms with van der Waals surface area (Å²) in [6.45, 7) is 4.54. The fraction of sp³-hybridized carbons (Fsp3) is 0.500. The van der Waals surface area contributed by atoms with Crippen molar-refractivity contribution in [3.63, 3.8) is 0 Å². The van der Waals surface area contributed by atoms with Gasteiger partial charge in [-0.15, -0.1) is 0 Å². The number of methoxy groups -OCH3 is 1. The number of halogens is 1. The van der Waals surface area contributed by atoms with Gasteiger partial charge in [-0.3, -0.25) is 4.79 Å². The smallest absolute Gasteiger partial charge is 0.339 e. The average molecular weight is 386 g/mol. The molecule has 1 aliphatic heterocycles. The van der Waals surface area contributed by atoms with Gasteiger partial charge in [-0.25, -0.2) is 4.79 Å². The number of hydrogen-bond donors (Lipinski definition) is 0. The van der Waals surface area contributed by atoms with E-state index < -0.39 is 5.97 Å². The molecule has 1 fully saturated rings. The van der Waals surface area contributed by atoms with Gasteiger partial charge < -0.3 is 19.1 Å². The lowest BCUT2D eigenvalue weighted by Gasteiger charge is -2.35. The van der Waals surface area contributed by atoms with Crippen molar-refractivity contribution in [2.75, 3.05) is 26.8 Å². The Labute approximate surface area is 143 Å². The standard InChI is InChI=1S/C16H20BrNO5/c1-10-7-18(8-11(2)23-10)15(19)9-22-16(20)13-6-12(21-3)4-5-14(13)17/h4-6,10-11H,7-9H2,1-3H3/t10-,11-/m1/s1. The predicted octanol–water partition coefficient (Wildman–Crippen LogP) is 2.25. The molecule has 0 aliphatic carbocycles. The van der Waals surface area contributed by atoms with E-state index in [0.717, 1.165) is 0 Å². The van der Waals surface area contributed by atoms with Crippen LogP contribution < -0.4 is 4.74 Å².